The summed E-state index contributed by atoms with van der Waals surface area (Å²) in [4.78, 5) is 28.2. The first kappa shape index (κ1) is 19.6. The maximum atomic E-state index is 13.4. The number of aromatic nitrogens is 1. The van der Waals surface area contributed by atoms with Crippen LogP contribution in [0.2, 0.25) is 0 Å². The Balaban J connectivity index is 1.78. The minimum Gasteiger partial charge on any atom is -0.472 e. The van der Waals surface area contributed by atoms with Gasteiger partial charge in [0, 0.05) is 11.1 Å². The lowest BCUT2D eigenvalue weighted by Crippen LogP contribution is -2.19. The average Bonchev–Trinajstić information content (AvgIpc) is 3.27. The average molecular weight is 409 g/mol. The van der Waals surface area contributed by atoms with Crippen molar-refractivity contribution < 1.29 is 27.2 Å². The highest BCUT2D eigenvalue weighted by molar-refractivity contribution is 7.09. The van der Waals surface area contributed by atoms with Crippen LogP contribution in [-0.2, 0) is 17.4 Å². The van der Waals surface area contributed by atoms with E-state index in [0.29, 0.717) is 5.69 Å². The van der Waals surface area contributed by atoms with Gasteiger partial charge < -0.3 is 15.1 Å². The van der Waals surface area contributed by atoms with E-state index in [-0.39, 0.29) is 17.7 Å². The second-order valence-electron chi connectivity index (χ2n) is 5.81. The number of thiazole rings is 1. The first-order valence-corrected chi connectivity index (χ1v) is 8.86. The summed E-state index contributed by atoms with van der Waals surface area (Å²) in [6.07, 6.45) is -2.41. The van der Waals surface area contributed by atoms with Gasteiger partial charge in [0.15, 0.2) is 0 Å². The largest absolute Gasteiger partial charge is 0.472 e. The van der Waals surface area contributed by atoms with Gasteiger partial charge in [-0.15, -0.1) is 11.3 Å². The van der Waals surface area contributed by atoms with E-state index < -0.39 is 29.2 Å². The second kappa shape index (κ2) is 7.85. The Bertz CT molecular complexity index is 997. The predicted molar refractivity (Wildman–Crippen MR) is 97.3 cm³/mol. The smallest absolute Gasteiger partial charge is 0.418 e. The lowest BCUT2D eigenvalue weighted by molar-refractivity contribution is -0.136. The van der Waals surface area contributed by atoms with E-state index in [1.807, 2.05) is 0 Å². The molecule has 3 aromatic rings. The van der Waals surface area contributed by atoms with Crippen LogP contribution >= 0.6 is 11.3 Å². The third-order valence-electron chi connectivity index (χ3n) is 3.65. The van der Waals surface area contributed by atoms with Gasteiger partial charge in [0.1, 0.15) is 6.26 Å². The quantitative estimate of drug-likeness (QED) is 0.650. The van der Waals surface area contributed by atoms with Crippen LogP contribution in [0.1, 0.15) is 26.6 Å². The Morgan fingerprint density at radius 2 is 2.00 bits per heavy atom. The van der Waals surface area contributed by atoms with Crippen LogP contribution in [-0.4, -0.2) is 16.8 Å². The van der Waals surface area contributed by atoms with E-state index in [0.717, 1.165) is 17.1 Å². The monoisotopic (exact) mass is 409 g/mol. The van der Waals surface area contributed by atoms with Crippen LogP contribution in [0.15, 0.2) is 46.6 Å². The number of carbonyl (C=O) groups excluding carboxylic acids is 2. The van der Waals surface area contributed by atoms with E-state index in [1.165, 1.54) is 36.0 Å². The fourth-order valence-corrected chi connectivity index (χ4v) is 3.02. The van der Waals surface area contributed by atoms with Crippen molar-refractivity contribution in [2.45, 2.75) is 19.5 Å². The minimum absolute atomic E-state index is 0.0633. The topological polar surface area (TPSA) is 84.2 Å². The molecule has 10 heteroatoms. The van der Waals surface area contributed by atoms with Crippen LogP contribution < -0.4 is 10.6 Å². The molecule has 0 atom stereocenters. The third-order valence-corrected chi connectivity index (χ3v) is 4.47. The summed E-state index contributed by atoms with van der Waals surface area (Å²) in [6, 6.07) is 4.52. The van der Waals surface area contributed by atoms with Crippen molar-refractivity contribution in [1.82, 2.24) is 4.98 Å². The van der Waals surface area contributed by atoms with Gasteiger partial charge in [0.05, 0.1) is 40.2 Å². The molecule has 0 saturated carbocycles. The number of nitrogens with one attached hydrogen (secondary N) is 2. The van der Waals surface area contributed by atoms with Crippen molar-refractivity contribution in [3.8, 4) is 0 Å². The molecule has 0 aliphatic rings. The summed E-state index contributed by atoms with van der Waals surface area (Å²) in [5.41, 5.74) is -0.875. The molecule has 0 unspecified atom stereocenters. The number of hydrogen-bond donors (Lipinski definition) is 2. The highest BCUT2D eigenvalue weighted by Gasteiger charge is 2.34. The maximum Gasteiger partial charge on any atom is 0.418 e. The standard InChI is InChI=1S/C18H14F3N3O3S/c1-10-22-13(9-28-10)7-16(25)24-15-3-2-12(6-14(15)18(19,20)21)23-17(26)11-4-5-27-8-11/h2-6,8-9H,7H2,1H3,(H,23,26)(H,24,25). The number of benzene rings is 1. The highest BCUT2D eigenvalue weighted by atomic mass is 32.1. The zero-order chi connectivity index (χ0) is 20.3. The summed E-state index contributed by atoms with van der Waals surface area (Å²) < 4.78 is 45.1. The highest BCUT2D eigenvalue weighted by Crippen LogP contribution is 2.36. The van der Waals surface area contributed by atoms with E-state index in [9.17, 15) is 22.8 Å². The number of hydrogen-bond acceptors (Lipinski definition) is 5. The molecule has 0 radical (unpaired) electrons. The van der Waals surface area contributed by atoms with Crippen molar-refractivity contribution in [2.75, 3.05) is 10.6 Å². The molecule has 3 rings (SSSR count). The number of carbonyl (C=O) groups is 2. The number of nitrogens with zero attached hydrogens (tertiary/aromatic N) is 1. The van der Waals surface area contributed by atoms with Crippen molar-refractivity contribution >= 4 is 34.5 Å². The number of amides is 2. The van der Waals surface area contributed by atoms with Crippen LogP contribution in [0.4, 0.5) is 24.5 Å². The molecule has 0 spiro atoms. The number of anilines is 2. The van der Waals surface area contributed by atoms with Gasteiger partial charge in [-0.25, -0.2) is 4.98 Å². The molecule has 146 valence electrons. The van der Waals surface area contributed by atoms with Gasteiger partial charge in [0.25, 0.3) is 5.91 Å². The summed E-state index contributed by atoms with van der Waals surface area (Å²) in [6.45, 7) is 1.77. The number of rotatable bonds is 5. The summed E-state index contributed by atoms with van der Waals surface area (Å²) in [7, 11) is 0. The summed E-state index contributed by atoms with van der Waals surface area (Å²) in [5.74, 6) is -1.23. The normalized spacial score (nSPS) is 11.3. The van der Waals surface area contributed by atoms with E-state index in [4.69, 9.17) is 4.42 Å². The molecule has 2 heterocycles. The Labute approximate surface area is 161 Å². The molecule has 2 N–H and O–H groups in total. The molecule has 0 bridgehead atoms. The predicted octanol–water partition coefficient (Wildman–Crippen LogP) is 4.50. The molecule has 0 saturated heterocycles. The van der Waals surface area contributed by atoms with E-state index in [1.54, 1.807) is 12.3 Å². The molecule has 0 aliphatic carbocycles. The Morgan fingerprint density at radius 3 is 2.61 bits per heavy atom. The van der Waals surface area contributed by atoms with Gasteiger partial charge in [0.2, 0.25) is 5.91 Å². The number of halogens is 3. The molecule has 6 nitrogen and oxygen atoms in total. The maximum absolute atomic E-state index is 13.4. The lowest BCUT2D eigenvalue weighted by Gasteiger charge is -2.15. The molecule has 28 heavy (non-hydrogen) atoms. The van der Waals surface area contributed by atoms with E-state index >= 15 is 0 Å². The van der Waals surface area contributed by atoms with Crippen LogP contribution in [0, 0.1) is 6.92 Å². The Kier molecular flexibility index (Phi) is 5.50. The minimum atomic E-state index is -4.73. The fraction of sp³-hybridized carbons (Fsp3) is 0.167. The molecule has 0 fully saturated rings. The molecule has 2 aromatic heterocycles. The van der Waals surface area contributed by atoms with Crippen LogP contribution in [0.5, 0.6) is 0 Å². The number of furan rings is 1. The van der Waals surface area contributed by atoms with Crippen molar-refractivity contribution in [3.05, 3.63) is 64.0 Å². The first-order valence-electron chi connectivity index (χ1n) is 7.98. The number of aryl methyl sites for hydroxylation is 1. The van der Waals surface area contributed by atoms with Gasteiger partial charge in [-0.1, -0.05) is 0 Å². The second-order valence-corrected chi connectivity index (χ2v) is 6.87. The van der Waals surface area contributed by atoms with Gasteiger partial charge in [-0.2, -0.15) is 13.2 Å². The van der Waals surface area contributed by atoms with Gasteiger partial charge in [-0.3, -0.25) is 9.59 Å². The van der Waals surface area contributed by atoms with Crippen molar-refractivity contribution in [3.63, 3.8) is 0 Å². The van der Waals surface area contributed by atoms with Crippen molar-refractivity contribution in [1.29, 1.82) is 0 Å². The zero-order valence-corrected chi connectivity index (χ0v) is 15.3. The SMILES string of the molecule is Cc1nc(CC(=O)Nc2ccc(NC(=O)c3ccoc3)cc2C(F)(F)F)cs1. The van der Waals surface area contributed by atoms with E-state index in [2.05, 4.69) is 15.6 Å². The first-order chi connectivity index (χ1) is 13.2. The fourth-order valence-electron chi connectivity index (χ4n) is 2.41. The van der Waals surface area contributed by atoms with Gasteiger partial charge in [-0.05, 0) is 31.2 Å². The molecular weight excluding hydrogens is 395 g/mol. The Morgan fingerprint density at radius 1 is 1.21 bits per heavy atom. The zero-order valence-electron chi connectivity index (χ0n) is 14.5. The molecule has 0 aliphatic heterocycles. The lowest BCUT2D eigenvalue weighted by atomic mass is 10.1. The molecular formula is C18H14F3N3O3S. The molecule has 2 amide bonds. The van der Waals surface area contributed by atoms with Crippen LogP contribution in [0.25, 0.3) is 0 Å². The third kappa shape index (κ3) is 4.77. The number of alkyl halides is 3. The van der Waals surface area contributed by atoms with Crippen molar-refractivity contribution in [2.24, 2.45) is 0 Å². The van der Waals surface area contributed by atoms with Crippen LogP contribution in [0.3, 0.4) is 0 Å². The van der Waals surface area contributed by atoms with Gasteiger partial charge >= 0.3 is 6.18 Å². The Hall–Kier alpha value is -3.14. The summed E-state index contributed by atoms with van der Waals surface area (Å²) >= 11 is 1.35. The molecule has 1 aromatic carbocycles. The summed E-state index contributed by atoms with van der Waals surface area (Å²) in [5, 5.41) is 7.06.